The Balaban J connectivity index is 1.37. The van der Waals surface area contributed by atoms with Gasteiger partial charge >= 0.3 is 0 Å². The van der Waals surface area contributed by atoms with Gasteiger partial charge in [-0.25, -0.2) is 9.37 Å². The summed E-state index contributed by atoms with van der Waals surface area (Å²) >= 11 is 7.80. The largest absolute Gasteiger partial charge is 0.345 e. The van der Waals surface area contributed by atoms with Gasteiger partial charge in [0.05, 0.1) is 0 Å². The molecule has 30 heavy (non-hydrogen) atoms. The minimum Gasteiger partial charge on any atom is -0.345 e. The molecule has 0 aliphatic carbocycles. The normalized spacial score (nSPS) is 15.7. The van der Waals surface area contributed by atoms with E-state index in [-0.39, 0.29) is 11.7 Å². The van der Waals surface area contributed by atoms with Crippen LogP contribution in [0.3, 0.4) is 0 Å². The summed E-state index contributed by atoms with van der Waals surface area (Å²) in [4.78, 5) is 21.5. The minimum atomic E-state index is -0.665. The number of amides is 1. The molecular weight excluding hydrogens is 423 g/mol. The van der Waals surface area contributed by atoms with Crippen molar-refractivity contribution in [3.05, 3.63) is 77.4 Å². The van der Waals surface area contributed by atoms with Crippen LogP contribution in [0.15, 0.2) is 54.6 Å². The second kappa shape index (κ2) is 9.53. The van der Waals surface area contributed by atoms with E-state index in [2.05, 4.69) is 14.3 Å². The molecule has 0 saturated carbocycles. The van der Waals surface area contributed by atoms with Crippen LogP contribution in [-0.2, 0) is 11.2 Å². The second-order valence-electron chi connectivity index (χ2n) is 7.24. The molecule has 0 spiro atoms. The van der Waals surface area contributed by atoms with Gasteiger partial charge in [0.25, 0.3) is 0 Å². The third kappa shape index (κ3) is 4.96. The first kappa shape index (κ1) is 20.8. The highest BCUT2D eigenvalue weighted by Crippen LogP contribution is 2.25. The number of nitrogens with zero attached hydrogens (tertiary/aromatic N) is 4. The number of rotatable bonds is 5. The van der Waals surface area contributed by atoms with Crippen molar-refractivity contribution in [2.45, 2.75) is 18.2 Å². The Bertz CT molecular complexity index is 982. The van der Waals surface area contributed by atoms with E-state index in [1.807, 2.05) is 35.2 Å². The van der Waals surface area contributed by atoms with E-state index in [0.29, 0.717) is 26.1 Å². The van der Waals surface area contributed by atoms with Gasteiger partial charge in [0.2, 0.25) is 11.0 Å². The van der Waals surface area contributed by atoms with E-state index in [1.54, 1.807) is 12.1 Å². The summed E-state index contributed by atoms with van der Waals surface area (Å²) in [6, 6.07) is 15.8. The summed E-state index contributed by atoms with van der Waals surface area (Å²) in [7, 11) is 0. The van der Waals surface area contributed by atoms with Gasteiger partial charge in [-0.2, -0.15) is 4.37 Å². The zero-order valence-corrected chi connectivity index (χ0v) is 17.9. The summed E-state index contributed by atoms with van der Waals surface area (Å²) in [5.74, 6) is 0.420. The summed E-state index contributed by atoms with van der Waals surface area (Å²) in [6.45, 7) is 2.77. The van der Waals surface area contributed by atoms with Gasteiger partial charge in [-0.3, -0.25) is 4.79 Å². The molecule has 2 heterocycles. The molecule has 1 aliphatic heterocycles. The van der Waals surface area contributed by atoms with E-state index in [4.69, 9.17) is 11.6 Å². The van der Waals surface area contributed by atoms with Crippen LogP contribution in [0, 0.1) is 5.82 Å². The Hall–Kier alpha value is -2.51. The van der Waals surface area contributed by atoms with Crippen LogP contribution in [-0.4, -0.2) is 46.3 Å². The molecule has 1 aliphatic rings. The fraction of sp³-hybridized carbons (Fsp3) is 0.318. The number of aromatic nitrogens is 2. The van der Waals surface area contributed by atoms with Crippen molar-refractivity contribution in [3.63, 3.8) is 0 Å². The Morgan fingerprint density at radius 2 is 1.83 bits per heavy atom. The first-order chi connectivity index (χ1) is 14.6. The maximum Gasteiger partial charge on any atom is 0.245 e. The monoisotopic (exact) mass is 444 g/mol. The third-order valence-electron chi connectivity index (χ3n) is 5.12. The number of halogens is 2. The lowest BCUT2D eigenvalue weighted by atomic mass is 10.1. The number of anilines is 1. The third-order valence-corrected chi connectivity index (χ3v) is 6.37. The molecule has 2 aromatic carbocycles. The summed E-state index contributed by atoms with van der Waals surface area (Å²) < 4.78 is 17.5. The van der Waals surface area contributed by atoms with Gasteiger partial charge in [-0.1, -0.05) is 42.5 Å². The molecule has 0 bridgehead atoms. The molecule has 1 amide bonds. The van der Waals surface area contributed by atoms with Crippen molar-refractivity contribution in [2.75, 3.05) is 31.1 Å². The molecular formula is C22H22ClFN4OS. The van der Waals surface area contributed by atoms with Crippen molar-refractivity contribution in [3.8, 4) is 0 Å². The first-order valence-corrected chi connectivity index (χ1v) is 11.1. The fourth-order valence-electron chi connectivity index (χ4n) is 3.48. The molecule has 5 nitrogen and oxygen atoms in total. The van der Waals surface area contributed by atoms with Crippen molar-refractivity contribution in [1.82, 2.24) is 14.3 Å². The maximum absolute atomic E-state index is 13.1. The van der Waals surface area contributed by atoms with Gasteiger partial charge in [-0.05, 0) is 29.7 Å². The number of carbonyl (C=O) groups is 1. The van der Waals surface area contributed by atoms with Crippen LogP contribution < -0.4 is 4.90 Å². The Morgan fingerprint density at radius 1 is 1.07 bits per heavy atom. The zero-order valence-electron chi connectivity index (χ0n) is 16.4. The Labute approximate surface area is 184 Å². The predicted molar refractivity (Wildman–Crippen MR) is 118 cm³/mol. The van der Waals surface area contributed by atoms with Crippen molar-refractivity contribution < 1.29 is 9.18 Å². The molecule has 1 saturated heterocycles. The summed E-state index contributed by atoms with van der Waals surface area (Å²) in [6.07, 6.45) is 1.41. The molecule has 1 unspecified atom stereocenters. The predicted octanol–water partition coefficient (Wildman–Crippen LogP) is 4.29. The lowest BCUT2D eigenvalue weighted by Crippen LogP contribution is -2.37. The van der Waals surface area contributed by atoms with E-state index in [1.165, 1.54) is 23.7 Å². The minimum absolute atomic E-state index is 0.0565. The van der Waals surface area contributed by atoms with E-state index in [0.717, 1.165) is 35.0 Å². The number of benzene rings is 2. The van der Waals surface area contributed by atoms with Gasteiger partial charge < -0.3 is 9.80 Å². The molecule has 1 fully saturated rings. The molecule has 0 N–H and O–H groups in total. The summed E-state index contributed by atoms with van der Waals surface area (Å²) in [5.41, 5.74) is 1.79. The number of hydrogen-bond acceptors (Lipinski definition) is 5. The molecule has 8 heteroatoms. The van der Waals surface area contributed by atoms with Crippen LogP contribution in [0.1, 0.15) is 28.7 Å². The Kier molecular flexibility index (Phi) is 6.59. The molecule has 0 radical (unpaired) electrons. The van der Waals surface area contributed by atoms with Gasteiger partial charge in [-0.15, -0.1) is 11.6 Å². The van der Waals surface area contributed by atoms with Crippen molar-refractivity contribution >= 4 is 34.2 Å². The van der Waals surface area contributed by atoms with Gasteiger partial charge in [0.15, 0.2) is 0 Å². The number of alkyl halides is 1. The summed E-state index contributed by atoms with van der Waals surface area (Å²) in [5, 5.41) is 0.188. The molecule has 1 aromatic heterocycles. The highest BCUT2D eigenvalue weighted by Gasteiger charge is 2.26. The topological polar surface area (TPSA) is 49.3 Å². The second-order valence-corrected chi connectivity index (χ2v) is 8.40. The Morgan fingerprint density at radius 3 is 2.60 bits per heavy atom. The number of hydrogen-bond donors (Lipinski definition) is 0. The van der Waals surface area contributed by atoms with Gasteiger partial charge in [0.1, 0.15) is 17.0 Å². The SMILES string of the molecule is O=C(C(Cl)c1ccccc1)N1CCCN(c2nc(Cc3ccc(F)cc3)ns2)CC1. The average Bonchev–Trinajstić information content (AvgIpc) is 3.09. The van der Waals surface area contributed by atoms with Crippen LogP contribution in [0.5, 0.6) is 0 Å². The van der Waals surface area contributed by atoms with Crippen LogP contribution >= 0.6 is 23.1 Å². The molecule has 156 valence electrons. The van der Waals surface area contributed by atoms with Crippen molar-refractivity contribution in [1.29, 1.82) is 0 Å². The fourth-order valence-corrected chi connectivity index (χ4v) is 4.50. The van der Waals surface area contributed by atoms with Crippen LogP contribution in [0.2, 0.25) is 0 Å². The number of carbonyl (C=O) groups excluding carboxylic acids is 1. The van der Waals surface area contributed by atoms with E-state index >= 15 is 0 Å². The van der Waals surface area contributed by atoms with Crippen LogP contribution in [0.25, 0.3) is 0 Å². The van der Waals surface area contributed by atoms with Gasteiger partial charge in [0, 0.05) is 44.1 Å². The maximum atomic E-state index is 13.1. The lowest BCUT2D eigenvalue weighted by Gasteiger charge is -2.23. The average molecular weight is 445 g/mol. The smallest absolute Gasteiger partial charge is 0.245 e. The first-order valence-electron chi connectivity index (χ1n) is 9.90. The quantitative estimate of drug-likeness (QED) is 0.551. The zero-order chi connectivity index (χ0) is 20.9. The molecule has 1 atom stereocenters. The van der Waals surface area contributed by atoms with E-state index in [9.17, 15) is 9.18 Å². The van der Waals surface area contributed by atoms with Crippen molar-refractivity contribution in [2.24, 2.45) is 0 Å². The lowest BCUT2D eigenvalue weighted by molar-refractivity contribution is -0.130. The standard InChI is InChI=1S/C22H22ClFN4OS/c23-20(17-5-2-1-3-6-17)21(29)27-11-4-12-28(14-13-27)22-25-19(26-30-22)15-16-7-9-18(24)10-8-16/h1-3,5-10,20H,4,11-15H2. The van der Waals surface area contributed by atoms with Crippen LogP contribution in [0.4, 0.5) is 9.52 Å². The highest BCUT2D eigenvalue weighted by molar-refractivity contribution is 7.09. The van der Waals surface area contributed by atoms with E-state index < -0.39 is 5.38 Å². The molecule has 3 aromatic rings. The molecule has 4 rings (SSSR count). The highest BCUT2D eigenvalue weighted by atomic mass is 35.5.